The number of rotatable bonds is 6. The first kappa shape index (κ1) is 18.5. The van der Waals surface area contributed by atoms with Gasteiger partial charge in [-0.15, -0.1) is 0 Å². The fraction of sp³-hybridized carbons (Fsp3) is 0.278. The van der Waals surface area contributed by atoms with E-state index in [1.165, 1.54) is 17.5 Å². The predicted octanol–water partition coefficient (Wildman–Crippen LogP) is 6.18. The van der Waals surface area contributed by atoms with Gasteiger partial charge in [-0.2, -0.15) is 0 Å². The molecule has 0 bridgehead atoms. The van der Waals surface area contributed by atoms with Crippen molar-refractivity contribution in [2.45, 2.75) is 39.0 Å². The summed E-state index contributed by atoms with van der Waals surface area (Å²) < 4.78 is 4.34. The molecule has 0 aliphatic carbocycles. The monoisotopic (exact) mass is 287 g/mol. The van der Waals surface area contributed by atoms with Crippen LogP contribution in [0.3, 0.4) is 0 Å². The normalized spacial score (nSPS) is 11.5. The highest BCUT2D eigenvalue weighted by Gasteiger charge is 1.91. The molecule has 2 heteroatoms. The molecule has 0 unspecified atom stereocenters. The van der Waals surface area contributed by atoms with E-state index in [1.807, 2.05) is 32.2 Å². The fourth-order valence-corrected chi connectivity index (χ4v) is 1.78. The molecule has 1 rings (SSSR count). The Hall–Kier alpha value is -1.54. The maximum atomic E-state index is 4.34. The Balaban J connectivity index is 0.00000172. The van der Waals surface area contributed by atoms with Crippen LogP contribution in [0.25, 0.3) is 0 Å². The lowest BCUT2D eigenvalue weighted by Gasteiger charge is -1.96. The summed E-state index contributed by atoms with van der Waals surface area (Å²) in [6.45, 7) is 12.0. The van der Waals surface area contributed by atoms with Crippen LogP contribution in [0.4, 0.5) is 0 Å². The van der Waals surface area contributed by atoms with Crippen molar-refractivity contribution in [1.29, 1.82) is 0 Å². The van der Waals surface area contributed by atoms with Gasteiger partial charge in [-0.25, -0.2) is 4.40 Å². The Morgan fingerprint density at radius 2 is 1.90 bits per heavy atom. The van der Waals surface area contributed by atoms with Gasteiger partial charge in [0, 0.05) is 23.1 Å². The topological polar surface area (TPSA) is 12.4 Å². The highest BCUT2D eigenvalue weighted by molar-refractivity contribution is 7.98. The maximum Gasteiger partial charge on any atom is 0.0427 e. The van der Waals surface area contributed by atoms with Gasteiger partial charge in [-0.1, -0.05) is 69.4 Å². The van der Waals surface area contributed by atoms with Crippen molar-refractivity contribution in [2.24, 2.45) is 4.40 Å². The SMILES string of the molecule is C=CC(/C=N/Sc1ccc(C)cc1)=C\C=C/CC.CC. The number of allylic oxidation sites excluding steroid dienone is 5. The summed E-state index contributed by atoms with van der Waals surface area (Å²) in [4.78, 5) is 1.14. The van der Waals surface area contributed by atoms with Crippen LogP contribution in [0.15, 0.2) is 70.0 Å². The molecule has 108 valence electrons. The summed E-state index contributed by atoms with van der Waals surface area (Å²) in [5, 5.41) is 0. The molecule has 0 amide bonds. The molecule has 0 N–H and O–H groups in total. The molecule has 1 aromatic rings. The smallest absolute Gasteiger partial charge is 0.0427 e. The van der Waals surface area contributed by atoms with Gasteiger partial charge in [0.05, 0.1) is 0 Å². The molecule has 0 saturated heterocycles. The molecule has 1 aromatic carbocycles. The minimum Gasteiger partial charge on any atom is -0.219 e. The molecule has 0 aromatic heterocycles. The van der Waals surface area contributed by atoms with Crippen LogP contribution in [0, 0.1) is 6.92 Å². The van der Waals surface area contributed by atoms with Crippen molar-refractivity contribution in [1.82, 2.24) is 0 Å². The molecular weight excluding hydrogens is 262 g/mol. The van der Waals surface area contributed by atoms with Gasteiger partial charge < -0.3 is 0 Å². The predicted molar refractivity (Wildman–Crippen MR) is 94.6 cm³/mol. The van der Waals surface area contributed by atoms with Crippen LogP contribution in [0.2, 0.25) is 0 Å². The van der Waals surface area contributed by atoms with Crippen molar-refractivity contribution in [2.75, 3.05) is 0 Å². The molecular formula is C18H25NS. The molecule has 0 saturated carbocycles. The maximum absolute atomic E-state index is 4.34. The van der Waals surface area contributed by atoms with Crippen LogP contribution in [-0.4, -0.2) is 6.21 Å². The Kier molecular flexibility index (Phi) is 11.5. The van der Waals surface area contributed by atoms with Gasteiger partial charge in [0.15, 0.2) is 0 Å². The first-order valence-corrected chi connectivity index (χ1v) is 7.80. The Bertz CT molecular complexity index is 453. The third kappa shape index (κ3) is 8.54. The molecule has 0 fully saturated rings. The standard InChI is InChI=1S/C16H19NS.C2H6/c1-4-6-7-8-15(5-2)13-17-18-16-11-9-14(3)10-12-16;1-2/h5-13H,2,4H2,1,3H3;1-2H3/b7-6-,15-8+,17-13+;. The zero-order valence-corrected chi connectivity index (χ0v) is 13.8. The largest absolute Gasteiger partial charge is 0.219 e. The fourth-order valence-electron chi connectivity index (χ4n) is 1.23. The second-order valence-corrected chi connectivity index (χ2v) is 4.71. The third-order valence-corrected chi connectivity index (χ3v) is 2.97. The second-order valence-electron chi connectivity index (χ2n) is 3.85. The molecule has 0 aliphatic heterocycles. The minimum absolute atomic E-state index is 1.01. The summed E-state index contributed by atoms with van der Waals surface area (Å²) in [5.41, 5.74) is 2.28. The molecule has 0 atom stereocenters. The van der Waals surface area contributed by atoms with Crippen molar-refractivity contribution in [3.05, 3.63) is 66.3 Å². The molecule has 20 heavy (non-hydrogen) atoms. The molecule has 1 nitrogen and oxygen atoms in total. The van der Waals surface area contributed by atoms with Crippen LogP contribution < -0.4 is 0 Å². The van der Waals surface area contributed by atoms with Gasteiger partial charge in [0.2, 0.25) is 0 Å². The van der Waals surface area contributed by atoms with Crippen LogP contribution in [0.5, 0.6) is 0 Å². The van der Waals surface area contributed by atoms with E-state index in [9.17, 15) is 0 Å². The van der Waals surface area contributed by atoms with Crippen molar-refractivity contribution in [3.63, 3.8) is 0 Å². The quantitative estimate of drug-likeness (QED) is 0.346. The van der Waals surface area contributed by atoms with Gasteiger partial charge in [0.1, 0.15) is 0 Å². The Morgan fingerprint density at radius 1 is 1.25 bits per heavy atom. The molecule has 0 spiro atoms. The van der Waals surface area contributed by atoms with E-state index in [4.69, 9.17) is 0 Å². The van der Waals surface area contributed by atoms with E-state index in [-0.39, 0.29) is 0 Å². The van der Waals surface area contributed by atoms with Crippen LogP contribution in [-0.2, 0) is 0 Å². The van der Waals surface area contributed by atoms with Gasteiger partial charge in [0.25, 0.3) is 0 Å². The molecule has 0 radical (unpaired) electrons. The number of aryl methyl sites for hydroxylation is 1. The van der Waals surface area contributed by atoms with Gasteiger partial charge >= 0.3 is 0 Å². The lowest BCUT2D eigenvalue weighted by atomic mass is 10.2. The highest BCUT2D eigenvalue weighted by Crippen LogP contribution is 2.19. The first-order valence-electron chi connectivity index (χ1n) is 7.02. The molecule has 0 heterocycles. The van der Waals surface area contributed by atoms with Crippen LogP contribution >= 0.6 is 11.9 Å². The summed E-state index contributed by atoms with van der Waals surface area (Å²) in [5.74, 6) is 0. The summed E-state index contributed by atoms with van der Waals surface area (Å²) in [6, 6.07) is 8.33. The first-order chi connectivity index (χ1) is 9.76. The number of hydrogen-bond acceptors (Lipinski definition) is 2. The lowest BCUT2D eigenvalue weighted by molar-refractivity contribution is 1.22. The van der Waals surface area contributed by atoms with E-state index in [0.29, 0.717) is 0 Å². The van der Waals surface area contributed by atoms with Crippen molar-refractivity contribution < 1.29 is 0 Å². The average molecular weight is 287 g/mol. The van der Waals surface area contributed by atoms with Gasteiger partial charge in [-0.3, -0.25) is 0 Å². The van der Waals surface area contributed by atoms with Gasteiger partial charge in [-0.05, 0) is 31.1 Å². The number of nitrogens with zero attached hydrogens (tertiary/aromatic N) is 1. The number of benzene rings is 1. The van der Waals surface area contributed by atoms with E-state index in [2.05, 4.69) is 55.2 Å². The summed E-state index contributed by atoms with van der Waals surface area (Å²) in [6.07, 6.45) is 10.8. The summed E-state index contributed by atoms with van der Waals surface area (Å²) in [7, 11) is 0. The third-order valence-electron chi connectivity index (χ3n) is 2.28. The van der Waals surface area contributed by atoms with Crippen LogP contribution in [0.1, 0.15) is 32.8 Å². The zero-order chi connectivity index (χ0) is 15.2. The zero-order valence-electron chi connectivity index (χ0n) is 13.0. The second kappa shape index (κ2) is 12.5. The van der Waals surface area contributed by atoms with E-state index in [0.717, 1.165) is 16.9 Å². The van der Waals surface area contributed by atoms with E-state index in [1.54, 1.807) is 6.08 Å². The average Bonchev–Trinajstić information content (AvgIpc) is 2.50. The van der Waals surface area contributed by atoms with Crippen molar-refractivity contribution >= 4 is 18.2 Å². The lowest BCUT2D eigenvalue weighted by Crippen LogP contribution is -1.77. The summed E-state index contributed by atoms with van der Waals surface area (Å²) >= 11 is 1.47. The molecule has 0 aliphatic rings. The van der Waals surface area contributed by atoms with E-state index < -0.39 is 0 Å². The highest BCUT2D eigenvalue weighted by atomic mass is 32.2. The minimum atomic E-state index is 1.01. The Labute approximate surface area is 128 Å². The van der Waals surface area contributed by atoms with Crippen molar-refractivity contribution in [3.8, 4) is 0 Å². The Morgan fingerprint density at radius 3 is 2.45 bits per heavy atom. The van der Waals surface area contributed by atoms with E-state index >= 15 is 0 Å². The number of hydrogen-bond donors (Lipinski definition) is 0.